The first kappa shape index (κ1) is 12.4. The van der Waals surface area contributed by atoms with Gasteiger partial charge in [-0.2, -0.15) is 0 Å². The van der Waals surface area contributed by atoms with Crippen LogP contribution in [0.1, 0.15) is 24.4 Å². The lowest BCUT2D eigenvalue weighted by atomic mass is 10.0. The van der Waals surface area contributed by atoms with E-state index in [0.29, 0.717) is 13.0 Å². The van der Waals surface area contributed by atoms with E-state index in [1.54, 1.807) is 17.8 Å². The van der Waals surface area contributed by atoms with Crippen LogP contribution in [-0.4, -0.2) is 18.2 Å². The summed E-state index contributed by atoms with van der Waals surface area (Å²) in [6, 6.07) is 5.27. The van der Waals surface area contributed by atoms with Crippen molar-refractivity contribution in [2.45, 2.75) is 23.8 Å². The minimum atomic E-state index is -0.317. The summed E-state index contributed by atoms with van der Waals surface area (Å²) >= 11 is 1.55. The van der Waals surface area contributed by atoms with Crippen molar-refractivity contribution in [2.24, 2.45) is 5.73 Å². The van der Waals surface area contributed by atoms with E-state index in [2.05, 4.69) is 5.32 Å². The van der Waals surface area contributed by atoms with Crippen molar-refractivity contribution < 1.29 is 9.18 Å². The fraction of sp³-hybridized carbons (Fsp3) is 0.417. The van der Waals surface area contributed by atoms with Crippen LogP contribution >= 0.6 is 11.8 Å². The van der Waals surface area contributed by atoms with Crippen LogP contribution in [0.2, 0.25) is 0 Å². The zero-order valence-electron chi connectivity index (χ0n) is 9.41. The van der Waals surface area contributed by atoms with Gasteiger partial charge in [-0.25, -0.2) is 4.39 Å². The molecule has 1 unspecified atom stereocenters. The van der Waals surface area contributed by atoms with Gasteiger partial charge in [0.1, 0.15) is 5.82 Å². The number of carbonyl (C=O) groups excluding carboxylic acids is 1. The van der Waals surface area contributed by atoms with Gasteiger partial charge in [-0.3, -0.25) is 4.79 Å². The number of amides is 1. The SMILES string of the molecule is NC(=O)CCNC1CCSc2c(F)cccc21. The molecule has 3 N–H and O–H groups in total. The molecule has 0 radical (unpaired) electrons. The molecule has 0 saturated carbocycles. The highest BCUT2D eigenvalue weighted by atomic mass is 32.2. The molecule has 0 aromatic heterocycles. The van der Waals surface area contributed by atoms with Crippen LogP contribution in [0.5, 0.6) is 0 Å². The van der Waals surface area contributed by atoms with E-state index >= 15 is 0 Å². The average molecular weight is 254 g/mol. The molecule has 1 aromatic rings. The topological polar surface area (TPSA) is 55.1 Å². The van der Waals surface area contributed by atoms with Crippen molar-refractivity contribution in [3.63, 3.8) is 0 Å². The Morgan fingerprint density at radius 2 is 2.41 bits per heavy atom. The molecule has 0 saturated heterocycles. The Morgan fingerprint density at radius 3 is 3.18 bits per heavy atom. The number of nitrogens with one attached hydrogen (secondary N) is 1. The molecule has 92 valence electrons. The molecule has 0 aliphatic carbocycles. The molecule has 17 heavy (non-hydrogen) atoms. The molecule has 5 heteroatoms. The van der Waals surface area contributed by atoms with E-state index in [9.17, 15) is 9.18 Å². The van der Waals surface area contributed by atoms with Crippen LogP contribution in [0.3, 0.4) is 0 Å². The van der Waals surface area contributed by atoms with Gasteiger partial charge >= 0.3 is 0 Å². The highest BCUT2D eigenvalue weighted by Crippen LogP contribution is 2.37. The molecule has 1 atom stereocenters. The van der Waals surface area contributed by atoms with Gasteiger partial charge in [0.05, 0.1) is 0 Å². The zero-order chi connectivity index (χ0) is 12.3. The molecule has 0 bridgehead atoms. The summed E-state index contributed by atoms with van der Waals surface area (Å²) in [5.41, 5.74) is 6.08. The number of hydrogen-bond acceptors (Lipinski definition) is 3. The molecule has 3 nitrogen and oxygen atoms in total. The van der Waals surface area contributed by atoms with Gasteiger partial charge in [-0.1, -0.05) is 12.1 Å². The minimum Gasteiger partial charge on any atom is -0.370 e. The molecular formula is C12H15FN2OS. The first-order valence-corrected chi connectivity index (χ1v) is 6.60. The third kappa shape index (κ3) is 2.98. The third-order valence-corrected chi connectivity index (χ3v) is 3.95. The molecule has 0 spiro atoms. The summed E-state index contributed by atoms with van der Waals surface area (Å²) in [6.07, 6.45) is 1.26. The molecule has 0 fully saturated rings. The molecule has 1 aromatic carbocycles. The van der Waals surface area contributed by atoms with Crippen molar-refractivity contribution >= 4 is 17.7 Å². The Balaban J connectivity index is 2.07. The summed E-state index contributed by atoms with van der Waals surface area (Å²) in [5, 5.41) is 3.26. The number of thioether (sulfide) groups is 1. The first-order chi connectivity index (χ1) is 8.18. The van der Waals surface area contributed by atoms with E-state index in [0.717, 1.165) is 22.6 Å². The predicted molar refractivity (Wildman–Crippen MR) is 66.3 cm³/mol. The number of hydrogen-bond donors (Lipinski definition) is 2. The smallest absolute Gasteiger partial charge is 0.218 e. The fourth-order valence-corrected chi connectivity index (χ4v) is 3.11. The maximum atomic E-state index is 13.6. The van der Waals surface area contributed by atoms with Crippen molar-refractivity contribution in [3.8, 4) is 0 Å². The Morgan fingerprint density at radius 1 is 1.59 bits per heavy atom. The van der Waals surface area contributed by atoms with E-state index in [-0.39, 0.29) is 17.8 Å². The van der Waals surface area contributed by atoms with Crippen molar-refractivity contribution in [3.05, 3.63) is 29.6 Å². The molecule has 1 aliphatic rings. The monoisotopic (exact) mass is 254 g/mol. The summed E-state index contributed by atoms with van der Waals surface area (Å²) < 4.78 is 13.6. The van der Waals surface area contributed by atoms with Gasteiger partial charge in [0, 0.05) is 23.9 Å². The van der Waals surface area contributed by atoms with Crippen molar-refractivity contribution in [1.29, 1.82) is 0 Å². The number of rotatable bonds is 4. The normalized spacial score (nSPS) is 18.8. The lowest BCUT2D eigenvalue weighted by molar-refractivity contribution is -0.117. The quantitative estimate of drug-likeness (QED) is 0.862. The van der Waals surface area contributed by atoms with Crippen LogP contribution in [-0.2, 0) is 4.79 Å². The van der Waals surface area contributed by atoms with Crippen LogP contribution in [0.4, 0.5) is 4.39 Å². The van der Waals surface area contributed by atoms with Gasteiger partial charge in [-0.15, -0.1) is 11.8 Å². The average Bonchev–Trinajstić information content (AvgIpc) is 2.30. The van der Waals surface area contributed by atoms with Crippen LogP contribution in [0, 0.1) is 5.82 Å². The Bertz CT molecular complexity index is 425. The molecule has 1 heterocycles. The van der Waals surface area contributed by atoms with E-state index in [1.165, 1.54) is 6.07 Å². The molecule has 2 rings (SSSR count). The largest absolute Gasteiger partial charge is 0.370 e. The van der Waals surface area contributed by atoms with Crippen LogP contribution < -0.4 is 11.1 Å². The lowest BCUT2D eigenvalue weighted by Crippen LogP contribution is -2.28. The number of carbonyl (C=O) groups is 1. The minimum absolute atomic E-state index is 0.126. The molecule has 1 aliphatic heterocycles. The third-order valence-electron chi connectivity index (χ3n) is 2.79. The number of benzene rings is 1. The highest BCUT2D eigenvalue weighted by Gasteiger charge is 2.22. The van der Waals surface area contributed by atoms with E-state index in [1.807, 2.05) is 6.07 Å². The second-order valence-electron chi connectivity index (χ2n) is 4.02. The van der Waals surface area contributed by atoms with Gasteiger partial charge in [0.2, 0.25) is 5.91 Å². The standard InChI is InChI=1S/C12H15FN2OS/c13-9-3-1-2-8-10(5-7-17-12(8)9)15-6-4-11(14)16/h1-3,10,15H,4-7H2,(H2,14,16). The van der Waals surface area contributed by atoms with Crippen molar-refractivity contribution in [2.75, 3.05) is 12.3 Å². The van der Waals surface area contributed by atoms with Gasteiger partial charge < -0.3 is 11.1 Å². The number of fused-ring (bicyclic) bond motifs is 1. The zero-order valence-corrected chi connectivity index (χ0v) is 10.2. The number of halogens is 1. The molecular weight excluding hydrogens is 239 g/mol. The summed E-state index contributed by atoms with van der Waals surface area (Å²) in [7, 11) is 0. The van der Waals surface area contributed by atoms with Crippen LogP contribution in [0.15, 0.2) is 23.1 Å². The van der Waals surface area contributed by atoms with Crippen molar-refractivity contribution in [1.82, 2.24) is 5.32 Å². The number of nitrogens with two attached hydrogens (primary N) is 1. The van der Waals surface area contributed by atoms with E-state index < -0.39 is 0 Å². The number of primary amides is 1. The Hall–Kier alpha value is -1.07. The van der Waals surface area contributed by atoms with E-state index in [4.69, 9.17) is 5.73 Å². The summed E-state index contributed by atoms with van der Waals surface area (Å²) in [4.78, 5) is 11.4. The highest BCUT2D eigenvalue weighted by molar-refractivity contribution is 7.99. The van der Waals surface area contributed by atoms with Gasteiger partial charge in [0.25, 0.3) is 0 Å². The fourth-order valence-electron chi connectivity index (χ4n) is 1.97. The second-order valence-corrected chi connectivity index (χ2v) is 5.12. The maximum absolute atomic E-state index is 13.6. The summed E-state index contributed by atoms with van der Waals surface area (Å²) in [6.45, 7) is 0.542. The molecule has 1 amide bonds. The lowest BCUT2D eigenvalue weighted by Gasteiger charge is -2.26. The Kier molecular flexibility index (Phi) is 4.02. The first-order valence-electron chi connectivity index (χ1n) is 5.61. The summed E-state index contributed by atoms with van der Waals surface area (Å²) in [5.74, 6) is 0.415. The van der Waals surface area contributed by atoms with Gasteiger partial charge in [-0.05, 0) is 23.8 Å². The maximum Gasteiger partial charge on any atom is 0.218 e. The predicted octanol–water partition coefficient (Wildman–Crippen LogP) is 1.83. The van der Waals surface area contributed by atoms with Gasteiger partial charge in [0.15, 0.2) is 0 Å². The second kappa shape index (κ2) is 5.51. The van der Waals surface area contributed by atoms with Crippen LogP contribution in [0.25, 0.3) is 0 Å². The Labute approximate surface area is 104 Å².